The maximum atomic E-state index is 12.4. The van der Waals surface area contributed by atoms with Gasteiger partial charge in [-0.3, -0.25) is 0 Å². The first-order valence-electron chi connectivity index (χ1n) is 7.26. The Labute approximate surface area is 154 Å². The molecule has 25 heavy (non-hydrogen) atoms. The van der Waals surface area contributed by atoms with Crippen molar-refractivity contribution < 1.29 is 14.6 Å². The molecule has 5 nitrogen and oxygen atoms in total. The summed E-state index contributed by atoms with van der Waals surface area (Å²) < 4.78 is 5.58. The van der Waals surface area contributed by atoms with Crippen LogP contribution >= 0.6 is 23.2 Å². The zero-order valence-electron chi connectivity index (χ0n) is 12.8. The second-order valence-electron chi connectivity index (χ2n) is 5.12. The lowest BCUT2D eigenvalue weighted by atomic mass is 9.56. The van der Waals surface area contributed by atoms with Crippen LogP contribution in [0.1, 0.15) is 10.5 Å². The Bertz CT molecular complexity index is 844. The molecule has 8 heteroatoms. The van der Waals surface area contributed by atoms with Gasteiger partial charge in [-0.1, -0.05) is 41.4 Å². The number of aromatic nitrogens is 2. The molecular formula is C17H11BCl2N2O3. The Morgan fingerprint density at radius 2 is 1.72 bits per heavy atom. The van der Waals surface area contributed by atoms with Crippen LogP contribution < -0.4 is 10.9 Å². The number of nitrogens with zero attached hydrogens (tertiary/aromatic N) is 2. The quantitative estimate of drug-likeness (QED) is 0.562. The van der Waals surface area contributed by atoms with Gasteiger partial charge in [0, 0.05) is 17.4 Å². The summed E-state index contributed by atoms with van der Waals surface area (Å²) in [6, 6.07) is 13.1. The van der Waals surface area contributed by atoms with Crippen LogP contribution in [0.25, 0.3) is 0 Å². The van der Waals surface area contributed by atoms with Crippen LogP contribution in [0, 0.1) is 0 Å². The van der Waals surface area contributed by atoms with Crippen LogP contribution in [0.2, 0.25) is 10.2 Å². The Kier molecular flexibility index (Phi) is 5.21. The van der Waals surface area contributed by atoms with Crippen molar-refractivity contribution >= 4 is 47.0 Å². The summed E-state index contributed by atoms with van der Waals surface area (Å²) >= 11 is 11.8. The summed E-state index contributed by atoms with van der Waals surface area (Å²) in [6.07, 6.45) is 2.92. The monoisotopic (exact) mass is 372 g/mol. The lowest BCUT2D eigenvalue weighted by Gasteiger charge is -2.15. The summed E-state index contributed by atoms with van der Waals surface area (Å²) in [7, 11) is 0. The second kappa shape index (κ2) is 7.55. The highest BCUT2D eigenvalue weighted by Gasteiger charge is 2.28. The van der Waals surface area contributed by atoms with Crippen LogP contribution in [0.15, 0.2) is 60.9 Å². The summed E-state index contributed by atoms with van der Waals surface area (Å²) in [5.41, 5.74) is 1.15. The smallest absolute Gasteiger partial charge is 0.431 e. The molecule has 2 heterocycles. The van der Waals surface area contributed by atoms with Gasteiger partial charge in [0.05, 0.1) is 0 Å². The molecule has 1 N–H and O–H groups in total. The molecule has 1 aromatic carbocycles. The van der Waals surface area contributed by atoms with Crippen molar-refractivity contribution in [3.8, 4) is 5.75 Å². The predicted molar refractivity (Wildman–Crippen MR) is 97.0 cm³/mol. The standard InChI is InChI=1S/C17H11BCl2N2O3/c19-13-6-3-11(4-7-13)18(12-5-8-15(20)22-10-12)25-17(24)16-14(23)2-1-9-21-16/h1-10,23H. The molecule has 0 amide bonds. The maximum absolute atomic E-state index is 12.4. The summed E-state index contributed by atoms with van der Waals surface area (Å²) in [4.78, 5) is 20.3. The fourth-order valence-electron chi connectivity index (χ4n) is 2.23. The summed E-state index contributed by atoms with van der Waals surface area (Å²) in [5.74, 6) is -1.01. The molecule has 0 fully saturated rings. The van der Waals surface area contributed by atoms with E-state index in [4.69, 9.17) is 27.9 Å². The van der Waals surface area contributed by atoms with E-state index in [0.717, 1.165) is 0 Å². The highest BCUT2D eigenvalue weighted by atomic mass is 35.5. The highest BCUT2D eigenvalue weighted by Crippen LogP contribution is 2.14. The average molecular weight is 373 g/mol. The lowest BCUT2D eigenvalue weighted by molar-refractivity contribution is 0.0729. The molecule has 0 saturated heterocycles. The molecule has 0 saturated carbocycles. The van der Waals surface area contributed by atoms with Gasteiger partial charge in [-0.2, -0.15) is 0 Å². The first-order chi connectivity index (χ1) is 12.0. The fourth-order valence-corrected chi connectivity index (χ4v) is 2.46. The number of hydrogen-bond acceptors (Lipinski definition) is 5. The van der Waals surface area contributed by atoms with Crippen molar-refractivity contribution in [1.29, 1.82) is 0 Å². The van der Waals surface area contributed by atoms with Gasteiger partial charge in [-0.15, -0.1) is 0 Å². The number of benzene rings is 1. The lowest BCUT2D eigenvalue weighted by Crippen LogP contribution is -2.46. The Morgan fingerprint density at radius 3 is 2.36 bits per heavy atom. The van der Waals surface area contributed by atoms with Gasteiger partial charge < -0.3 is 9.76 Å². The van der Waals surface area contributed by atoms with Crippen molar-refractivity contribution in [2.24, 2.45) is 0 Å². The number of hydrogen-bond donors (Lipinski definition) is 1. The second-order valence-corrected chi connectivity index (χ2v) is 5.95. The number of carbonyl (C=O) groups is 1. The van der Waals surface area contributed by atoms with Gasteiger partial charge in [0.1, 0.15) is 10.9 Å². The van der Waals surface area contributed by atoms with Gasteiger partial charge in [0.15, 0.2) is 5.69 Å². The van der Waals surface area contributed by atoms with Crippen LogP contribution in [0.4, 0.5) is 0 Å². The third-order valence-corrected chi connectivity index (χ3v) is 3.91. The van der Waals surface area contributed by atoms with E-state index in [1.807, 2.05) is 0 Å². The minimum absolute atomic E-state index is 0.164. The van der Waals surface area contributed by atoms with Crippen LogP contribution in [-0.2, 0) is 4.65 Å². The summed E-state index contributed by atoms with van der Waals surface area (Å²) in [5, 5.41) is 10.7. The van der Waals surface area contributed by atoms with E-state index in [-0.39, 0.29) is 11.4 Å². The molecule has 3 aromatic rings. The van der Waals surface area contributed by atoms with Crippen molar-refractivity contribution in [3.05, 3.63) is 76.8 Å². The number of halogens is 2. The number of pyridine rings is 2. The van der Waals surface area contributed by atoms with E-state index in [2.05, 4.69) is 9.97 Å². The molecule has 0 aliphatic carbocycles. The normalized spacial score (nSPS) is 10.3. The molecule has 0 spiro atoms. The van der Waals surface area contributed by atoms with Gasteiger partial charge in [-0.25, -0.2) is 14.8 Å². The first kappa shape index (κ1) is 17.3. The van der Waals surface area contributed by atoms with Gasteiger partial charge >= 0.3 is 12.9 Å². The topological polar surface area (TPSA) is 72.3 Å². The largest absolute Gasteiger partial charge is 0.521 e. The van der Waals surface area contributed by atoms with E-state index < -0.39 is 12.9 Å². The Balaban J connectivity index is 1.96. The SMILES string of the molecule is O=C(OB(c1ccc(Cl)cc1)c1ccc(Cl)nc1)c1ncccc1O. The maximum Gasteiger partial charge on any atom is 0.431 e. The van der Waals surface area contributed by atoms with Crippen molar-refractivity contribution in [2.45, 2.75) is 0 Å². The van der Waals surface area contributed by atoms with E-state index in [9.17, 15) is 9.90 Å². The van der Waals surface area contributed by atoms with Gasteiger partial charge in [0.2, 0.25) is 0 Å². The molecule has 124 valence electrons. The average Bonchev–Trinajstić information content (AvgIpc) is 2.62. The van der Waals surface area contributed by atoms with Crippen LogP contribution in [0.5, 0.6) is 5.75 Å². The van der Waals surface area contributed by atoms with E-state index in [0.29, 0.717) is 21.1 Å². The molecule has 3 rings (SSSR count). The van der Waals surface area contributed by atoms with E-state index >= 15 is 0 Å². The third-order valence-electron chi connectivity index (χ3n) is 3.43. The zero-order chi connectivity index (χ0) is 17.8. The fraction of sp³-hybridized carbons (Fsp3) is 0. The first-order valence-corrected chi connectivity index (χ1v) is 8.02. The minimum Gasteiger partial charge on any atom is -0.521 e. The molecule has 2 aromatic heterocycles. The van der Waals surface area contributed by atoms with Gasteiger partial charge in [0.25, 0.3) is 0 Å². The Morgan fingerprint density at radius 1 is 1.00 bits per heavy atom. The molecule has 0 atom stereocenters. The van der Waals surface area contributed by atoms with Crippen molar-refractivity contribution in [3.63, 3.8) is 0 Å². The highest BCUT2D eigenvalue weighted by molar-refractivity contribution is 6.81. The molecule has 0 radical (unpaired) electrons. The van der Waals surface area contributed by atoms with E-state index in [1.54, 1.807) is 36.4 Å². The van der Waals surface area contributed by atoms with Crippen LogP contribution in [-0.4, -0.2) is 28.0 Å². The van der Waals surface area contributed by atoms with Crippen molar-refractivity contribution in [1.82, 2.24) is 9.97 Å². The zero-order valence-corrected chi connectivity index (χ0v) is 14.3. The number of rotatable bonds is 4. The number of aromatic hydroxyl groups is 1. The van der Waals surface area contributed by atoms with Gasteiger partial charge in [-0.05, 0) is 41.3 Å². The number of carbonyl (C=O) groups excluding carboxylic acids is 1. The summed E-state index contributed by atoms with van der Waals surface area (Å²) in [6.45, 7) is -0.754. The van der Waals surface area contributed by atoms with Crippen molar-refractivity contribution in [2.75, 3.05) is 0 Å². The predicted octanol–water partition coefficient (Wildman–Crippen LogP) is 2.45. The van der Waals surface area contributed by atoms with Crippen LogP contribution in [0.3, 0.4) is 0 Å². The molecular weight excluding hydrogens is 362 g/mol. The molecule has 0 unspecified atom stereocenters. The van der Waals surface area contributed by atoms with E-state index in [1.165, 1.54) is 24.5 Å². The Hall–Kier alpha value is -2.57. The molecule has 0 aliphatic heterocycles. The minimum atomic E-state index is -0.756. The third kappa shape index (κ3) is 4.10. The molecule has 0 aliphatic rings. The molecule has 0 bridgehead atoms.